The average molecular weight is 213 g/mol. The van der Waals surface area contributed by atoms with E-state index in [4.69, 9.17) is 17.3 Å². The fourth-order valence-electron chi connectivity index (χ4n) is 1.76. The Morgan fingerprint density at radius 1 is 1.57 bits per heavy atom. The summed E-state index contributed by atoms with van der Waals surface area (Å²) in [5.74, 6) is 0.818. The number of nitrogens with two attached hydrogens (primary N) is 1. The summed E-state index contributed by atoms with van der Waals surface area (Å²) in [5, 5.41) is 0.426. The molecule has 0 amide bonds. The highest BCUT2D eigenvalue weighted by atomic mass is 35.5. The van der Waals surface area contributed by atoms with Crippen molar-refractivity contribution in [1.29, 1.82) is 0 Å². The lowest BCUT2D eigenvalue weighted by atomic mass is 10.2. The first-order valence-corrected chi connectivity index (χ1v) is 5.06. The van der Waals surface area contributed by atoms with Crippen LogP contribution in [0.1, 0.15) is 13.3 Å². The minimum absolute atomic E-state index is 0.218. The van der Waals surface area contributed by atoms with Gasteiger partial charge in [-0.05, 0) is 13.3 Å². The molecular weight excluding hydrogens is 200 g/mol. The number of rotatable bonds is 1. The molecule has 4 nitrogen and oxygen atoms in total. The molecule has 2 heterocycles. The van der Waals surface area contributed by atoms with Crippen LogP contribution >= 0.6 is 11.6 Å². The zero-order valence-corrected chi connectivity index (χ0v) is 8.78. The standard InChI is InChI=1S/C9H13ClN4/c1-6-7(11)2-3-14(6)9-5-12-4-8(10)13-9/h4-7H,2-3,11H2,1H3. The van der Waals surface area contributed by atoms with Crippen LogP contribution in [0.3, 0.4) is 0 Å². The molecule has 1 aromatic rings. The number of halogens is 1. The van der Waals surface area contributed by atoms with Gasteiger partial charge < -0.3 is 10.6 Å². The Morgan fingerprint density at radius 2 is 2.36 bits per heavy atom. The molecule has 0 radical (unpaired) electrons. The molecule has 1 aliphatic rings. The van der Waals surface area contributed by atoms with E-state index in [1.807, 2.05) is 0 Å². The molecule has 0 saturated carbocycles. The van der Waals surface area contributed by atoms with Crippen molar-refractivity contribution in [2.75, 3.05) is 11.4 Å². The molecule has 0 aromatic carbocycles. The summed E-state index contributed by atoms with van der Waals surface area (Å²) in [6, 6.07) is 0.526. The topological polar surface area (TPSA) is 55.0 Å². The fraction of sp³-hybridized carbons (Fsp3) is 0.556. The van der Waals surface area contributed by atoms with Crippen LogP contribution in [0.2, 0.25) is 5.15 Å². The minimum atomic E-state index is 0.218. The van der Waals surface area contributed by atoms with Gasteiger partial charge in [0, 0.05) is 18.6 Å². The van der Waals surface area contributed by atoms with Gasteiger partial charge in [0.2, 0.25) is 0 Å². The van der Waals surface area contributed by atoms with E-state index in [0.717, 1.165) is 18.8 Å². The molecule has 1 saturated heterocycles. The quantitative estimate of drug-likeness (QED) is 0.756. The number of anilines is 1. The second kappa shape index (κ2) is 3.71. The van der Waals surface area contributed by atoms with Crippen molar-refractivity contribution in [3.63, 3.8) is 0 Å². The summed E-state index contributed by atoms with van der Waals surface area (Å²) < 4.78 is 0. The molecule has 2 atom stereocenters. The van der Waals surface area contributed by atoms with Crippen LogP contribution < -0.4 is 10.6 Å². The van der Waals surface area contributed by atoms with Crippen molar-refractivity contribution in [3.8, 4) is 0 Å². The molecule has 14 heavy (non-hydrogen) atoms. The highest BCUT2D eigenvalue weighted by Crippen LogP contribution is 2.22. The predicted molar refractivity (Wildman–Crippen MR) is 56.4 cm³/mol. The van der Waals surface area contributed by atoms with E-state index in [9.17, 15) is 0 Å². The molecule has 76 valence electrons. The third-order valence-corrected chi connectivity index (χ3v) is 2.88. The molecule has 1 aromatic heterocycles. The van der Waals surface area contributed by atoms with Crippen LogP contribution in [-0.2, 0) is 0 Å². The molecule has 1 aliphatic heterocycles. The van der Waals surface area contributed by atoms with Crippen LogP contribution in [0.5, 0.6) is 0 Å². The zero-order chi connectivity index (χ0) is 10.1. The van der Waals surface area contributed by atoms with Gasteiger partial charge >= 0.3 is 0 Å². The second-order valence-corrected chi connectivity index (χ2v) is 3.97. The van der Waals surface area contributed by atoms with Crippen molar-refractivity contribution in [2.24, 2.45) is 5.73 Å². The number of nitrogens with zero attached hydrogens (tertiary/aromatic N) is 3. The largest absolute Gasteiger partial charge is 0.351 e. The third-order valence-electron chi connectivity index (χ3n) is 2.70. The van der Waals surface area contributed by atoms with Crippen LogP contribution in [0.4, 0.5) is 5.82 Å². The monoisotopic (exact) mass is 212 g/mol. The third kappa shape index (κ3) is 1.67. The van der Waals surface area contributed by atoms with E-state index in [0.29, 0.717) is 11.2 Å². The fourth-order valence-corrected chi connectivity index (χ4v) is 1.90. The molecule has 5 heteroatoms. The molecule has 2 N–H and O–H groups in total. The smallest absolute Gasteiger partial charge is 0.149 e. The Hall–Kier alpha value is -0.870. The summed E-state index contributed by atoms with van der Waals surface area (Å²) in [7, 11) is 0. The van der Waals surface area contributed by atoms with Crippen molar-refractivity contribution in [1.82, 2.24) is 9.97 Å². The van der Waals surface area contributed by atoms with E-state index in [1.165, 1.54) is 6.20 Å². The van der Waals surface area contributed by atoms with Crippen LogP contribution in [0.25, 0.3) is 0 Å². The molecule has 0 spiro atoms. The van der Waals surface area contributed by atoms with Crippen molar-refractivity contribution in [2.45, 2.75) is 25.4 Å². The summed E-state index contributed by atoms with van der Waals surface area (Å²) in [6.45, 7) is 3.03. The molecule has 0 aliphatic carbocycles. The van der Waals surface area contributed by atoms with Crippen molar-refractivity contribution >= 4 is 17.4 Å². The molecule has 1 fully saturated rings. The Kier molecular flexibility index (Phi) is 2.56. The Labute approximate surface area is 88.1 Å². The minimum Gasteiger partial charge on any atom is -0.351 e. The Morgan fingerprint density at radius 3 is 2.93 bits per heavy atom. The van der Waals surface area contributed by atoms with Crippen molar-refractivity contribution in [3.05, 3.63) is 17.5 Å². The van der Waals surface area contributed by atoms with Gasteiger partial charge in [-0.25, -0.2) is 4.98 Å². The van der Waals surface area contributed by atoms with E-state index < -0.39 is 0 Å². The number of hydrogen-bond acceptors (Lipinski definition) is 4. The Balaban J connectivity index is 2.23. The number of hydrogen-bond donors (Lipinski definition) is 1. The predicted octanol–water partition coefficient (Wildman–Crippen LogP) is 1.06. The Bertz CT molecular complexity index is 330. The van der Waals surface area contributed by atoms with Gasteiger partial charge in [-0.1, -0.05) is 11.6 Å². The molecule has 0 bridgehead atoms. The summed E-state index contributed by atoms with van der Waals surface area (Å²) >= 11 is 5.78. The van der Waals surface area contributed by atoms with Gasteiger partial charge in [-0.2, -0.15) is 0 Å². The lowest BCUT2D eigenvalue weighted by Crippen LogP contribution is -2.37. The SMILES string of the molecule is CC1C(N)CCN1c1cncc(Cl)n1. The van der Waals surface area contributed by atoms with E-state index in [1.54, 1.807) is 6.20 Å². The first-order valence-electron chi connectivity index (χ1n) is 4.68. The lowest BCUT2D eigenvalue weighted by molar-refractivity contribution is 0.621. The van der Waals surface area contributed by atoms with Crippen molar-refractivity contribution < 1.29 is 0 Å². The lowest BCUT2D eigenvalue weighted by Gasteiger charge is -2.23. The van der Waals surface area contributed by atoms with E-state index >= 15 is 0 Å². The summed E-state index contributed by atoms with van der Waals surface area (Å²) in [5.41, 5.74) is 5.92. The molecule has 2 rings (SSSR count). The molecular formula is C9H13ClN4. The van der Waals surface area contributed by atoms with Gasteiger partial charge in [0.05, 0.1) is 12.4 Å². The summed E-state index contributed by atoms with van der Waals surface area (Å²) in [6.07, 6.45) is 4.25. The first-order chi connectivity index (χ1) is 6.68. The maximum Gasteiger partial charge on any atom is 0.149 e. The average Bonchev–Trinajstić information content (AvgIpc) is 2.48. The van der Waals surface area contributed by atoms with E-state index in [-0.39, 0.29) is 6.04 Å². The highest BCUT2D eigenvalue weighted by Gasteiger charge is 2.28. The first kappa shape index (κ1) is 9.68. The van der Waals surface area contributed by atoms with Gasteiger partial charge in [-0.15, -0.1) is 0 Å². The van der Waals surface area contributed by atoms with Crippen LogP contribution in [0.15, 0.2) is 12.4 Å². The van der Waals surface area contributed by atoms with Gasteiger partial charge in [0.15, 0.2) is 0 Å². The van der Waals surface area contributed by atoms with Crippen LogP contribution in [0, 0.1) is 0 Å². The molecule has 2 unspecified atom stereocenters. The van der Waals surface area contributed by atoms with Gasteiger partial charge in [0.1, 0.15) is 11.0 Å². The van der Waals surface area contributed by atoms with E-state index in [2.05, 4.69) is 21.8 Å². The highest BCUT2D eigenvalue weighted by molar-refractivity contribution is 6.29. The normalized spacial score (nSPS) is 26.9. The zero-order valence-electron chi connectivity index (χ0n) is 8.02. The number of aromatic nitrogens is 2. The van der Waals surface area contributed by atoms with Gasteiger partial charge in [-0.3, -0.25) is 4.98 Å². The van der Waals surface area contributed by atoms with Gasteiger partial charge in [0.25, 0.3) is 0 Å². The maximum absolute atomic E-state index is 5.92. The summed E-state index contributed by atoms with van der Waals surface area (Å²) in [4.78, 5) is 10.4. The van der Waals surface area contributed by atoms with Crippen LogP contribution in [-0.4, -0.2) is 28.6 Å². The maximum atomic E-state index is 5.92. The second-order valence-electron chi connectivity index (χ2n) is 3.59.